The van der Waals surface area contributed by atoms with Crippen LogP contribution in [0, 0.1) is 5.41 Å². The van der Waals surface area contributed by atoms with Gasteiger partial charge in [-0.25, -0.2) is 0 Å². The van der Waals surface area contributed by atoms with E-state index in [9.17, 15) is 0 Å². The molecule has 0 unspecified atom stereocenters. The van der Waals surface area contributed by atoms with Crippen LogP contribution in [0.1, 0.15) is 52.9 Å². The molecule has 0 aliphatic heterocycles. The molecule has 1 saturated carbocycles. The first-order valence-corrected chi connectivity index (χ1v) is 6.15. The Morgan fingerprint density at radius 3 is 2.17 bits per heavy atom. The molecular weight excluding hydrogens is 163 g/mol. The maximum absolute atomic E-state index is 2.48. The van der Waals surface area contributed by atoms with E-state index in [1.165, 1.54) is 32.1 Å². The van der Waals surface area contributed by atoms with Crippen LogP contribution < -0.4 is 0 Å². The van der Waals surface area contributed by atoms with Crippen molar-refractivity contribution in [2.45, 2.75) is 58.5 Å². The van der Waals surface area contributed by atoms with Crippen molar-refractivity contribution in [2.24, 2.45) is 5.41 Å². The molecule has 0 aromatic carbocycles. The van der Waals surface area contributed by atoms with Crippen molar-refractivity contribution in [1.82, 2.24) is 0 Å². The summed E-state index contributed by atoms with van der Waals surface area (Å²) in [6.45, 7) is 6.88. The minimum absolute atomic E-state index is 0.416. The molecule has 0 N–H and O–H groups in total. The van der Waals surface area contributed by atoms with Crippen LogP contribution in [0.5, 0.6) is 0 Å². The second-order valence-electron chi connectivity index (χ2n) is 4.94. The van der Waals surface area contributed by atoms with Crippen LogP contribution in [-0.2, 0) is 0 Å². The van der Waals surface area contributed by atoms with Crippen molar-refractivity contribution in [1.29, 1.82) is 0 Å². The Bertz CT molecular complexity index is 147. The molecule has 0 heterocycles. The maximum Gasteiger partial charge on any atom is 0.000593 e. The quantitative estimate of drug-likeness (QED) is 0.538. The first kappa shape index (κ1) is 10.3. The van der Waals surface area contributed by atoms with E-state index in [-0.39, 0.29) is 0 Å². The van der Waals surface area contributed by atoms with Gasteiger partial charge >= 0.3 is 0 Å². The Labute approximate surface area is 78.6 Å². The molecule has 0 radical (unpaired) electrons. The van der Waals surface area contributed by atoms with Gasteiger partial charge in [-0.3, -0.25) is 0 Å². The molecule has 0 aromatic rings. The molecular formula is C11H21P. The van der Waals surface area contributed by atoms with Gasteiger partial charge < -0.3 is 0 Å². The summed E-state index contributed by atoms with van der Waals surface area (Å²) in [7, 11) is 1.59. The average Bonchev–Trinajstić information content (AvgIpc) is 2.02. The Kier molecular flexibility index (Phi) is 3.77. The highest BCUT2D eigenvalue weighted by molar-refractivity contribution is 7.39. The molecule has 0 aromatic heterocycles. The van der Waals surface area contributed by atoms with Gasteiger partial charge in [-0.15, -0.1) is 8.20 Å². The lowest BCUT2D eigenvalue weighted by atomic mass is 10.0. The van der Waals surface area contributed by atoms with Gasteiger partial charge in [-0.1, -0.05) is 45.8 Å². The fourth-order valence-electron chi connectivity index (χ4n) is 1.56. The summed E-state index contributed by atoms with van der Waals surface area (Å²) < 4.78 is 0. The van der Waals surface area contributed by atoms with Crippen LogP contribution in [0.2, 0.25) is 0 Å². The highest BCUT2D eigenvalue weighted by atomic mass is 31.1. The normalized spacial score (nSPS) is 21.9. The van der Waals surface area contributed by atoms with Crippen molar-refractivity contribution in [3.05, 3.63) is 0 Å². The van der Waals surface area contributed by atoms with E-state index in [4.69, 9.17) is 0 Å². The van der Waals surface area contributed by atoms with Crippen molar-refractivity contribution < 1.29 is 0 Å². The third-order valence-corrected chi connectivity index (χ3v) is 4.11. The maximum atomic E-state index is 2.48. The lowest BCUT2D eigenvalue weighted by Crippen LogP contribution is -2.09. The first-order chi connectivity index (χ1) is 5.58. The van der Waals surface area contributed by atoms with E-state index >= 15 is 0 Å². The second-order valence-corrected chi connectivity index (χ2v) is 6.22. The molecule has 0 bridgehead atoms. The molecule has 0 spiro atoms. The van der Waals surface area contributed by atoms with E-state index in [1.54, 1.807) is 8.20 Å². The monoisotopic (exact) mass is 184 g/mol. The largest absolute Gasteiger partial charge is 0.105 e. The summed E-state index contributed by atoms with van der Waals surface area (Å²) in [5.74, 6) is 2.48. The van der Waals surface area contributed by atoms with Gasteiger partial charge in [0.15, 0.2) is 0 Å². The smallest absolute Gasteiger partial charge is 0.000593 e. The minimum Gasteiger partial charge on any atom is -0.105 e. The molecule has 0 nitrogen and oxygen atoms in total. The summed E-state index contributed by atoms with van der Waals surface area (Å²) in [5.41, 5.74) is 1.40. The van der Waals surface area contributed by atoms with Crippen LogP contribution in [0.15, 0.2) is 0 Å². The van der Waals surface area contributed by atoms with E-state index in [2.05, 4.69) is 26.6 Å². The van der Waals surface area contributed by atoms with E-state index in [1.807, 2.05) is 0 Å². The minimum atomic E-state index is 0.416. The lowest BCUT2D eigenvalue weighted by Gasteiger charge is -2.19. The highest BCUT2D eigenvalue weighted by Crippen LogP contribution is 2.28. The van der Waals surface area contributed by atoms with E-state index in [0.29, 0.717) is 5.41 Å². The summed E-state index contributed by atoms with van der Waals surface area (Å²) >= 11 is 0. The highest BCUT2D eigenvalue weighted by Gasteiger charge is 2.12. The third kappa shape index (κ3) is 4.26. The topological polar surface area (TPSA) is 0 Å². The SMILES string of the molecule is CC(C)(C)C=PC1CCCCC1. The number of hydrogen-bond donors (Lipinski definition) is 0. The fourth-order valence-corrected chi connectivity index (χ4v) is 2.88. The average molecular weight is 184 g/mol. The Balaban J connectivity index is 2.33. The predicted molar refractivity (Wildman–Crippen MR) is 59.3 cm³/mol. The molecule has 1 fully saturated rings. The molecule has 1 heteroatoms. The predicted octanol–water partition coefficient (Wildman–Crippen LogP) is 4.11. The Hall–Kier alpha value is 0.170. The van der Waals surface area contributed by atoms with Gasteiger partial charge in [0.2, 0.25) is 0 Å². The third-order valence-electron chi connectivity index (χ3n) is 2.25. The molecule has 1 aliphatic carbocycles. The molecule has 12 heavy (non-hydrogen) atoms. The van der Waals surface area contributed by atoms with Gasteiger partial charge in [0.25, 0.3) is 0 Å². The summed E-state index contributed by atoms with van der Waals surface area (Å²) in [5, 5.41) is 0. The molecule has 70 valence electrons. The van der Waals surface area contributed by atoms with Gasteiger partial charge in [0.05, 0.1) is 0 Å². The standard InChI is InChI=1S/C11H21P/c1-11(2,3)9-12-10-7-5-4-6-8-10/h9-10H,4-8H2,1-3H3. The Morgan fingerprint density at radius 1 is 1.08 bits per heavy atom. The van der Waals surface area contributed by atoms with Crippen molar-refractivity contribution in [2.75, 3.05) is 0 Å². The Morgan fingerprint density at radius 2 is 1.67 bits per heavy atom. The van der Waals surface area contributed by atoms with Crippen LogP contribution in [-0.4, -0.2) is 11.5 Å². The van der Waals surface area contributed by atoms with Gasteiger partial charge in [-0.05, 0) is 18.3 Å². The number of hydrogen-bond acceptors (Lipinski definition) is 0. The first-order valence-electron chi connectivity index (χ1n) is 5.12. The van der Waals surface area contributed by atoms with Gasteiger partial charge in [-0.2, -0.15) is 0 Å². The zero-order valence-corrected chi connectivity index (χ0v) is 9.53. The van der Waals surface area contributed by atoms with Crippen LogP contribution in [0.25, 0.3) is 0 Å². The summed E-state index contributed by atoms with van der Waals surface area (Å²) in [6.07, 6.45) is 7.34. The van der Waals surface area contributed by atoms with E-state index < -0.39 is 0 Å². The zero-order chi connectivity index (χ0) is 9.03. The molecule has 0 saturated heterocycles. The van der Waals surface area contributed by atoms with E-state index in [0.717, 1.165) is 5.66 Å². The van der Waals surface area contributed by atoms with Gasteiger partial charge in [0.1, 0.15) is 0 Å². The molecule has 0 atom stereocenters. The second kappa shape index (κ2) is 4.42. The molecule has 1 aliphatic rings. The molecule has 1 rings (SSSR count). The summed E-state index contributed by atoms with van der Waals surface area (Å²) in [6, 6.07) is 0. The number of rotatable bonds is 1. The van der Waals surface area contributed by atoms with Crippen LogP contribution in [0.4, 0.5) is 0 Å². The fraction of sp³-hybridized carbons (Fsp3) is 0.909. The van der Waals surface area contributed by atoms with Crippen molar-refractivity contribution in [3.8, 4) is 0 Å². The van der Waals surface area contributed by atoms with Crippen molar-refractivity contribution >= 4 is 14.0 Å². The van der Waals surface area contributed by atoms with Gasteiger partial charge in [0, 0.05) is 5.66 Å². The van der Waals surface area contributed by atoms with Crippen molar-refractivity contribution in [3.63, 3.8) is 0 Å². The van der Waals surface area contributed by atoms with Crippen LogP contribution in [0.3, 0.4) is 0 Å². The zero-order valence-electron chi connectivity index (χ0n) is 8.64. The lowest BCUT2D eigenvalue weighted by molar-refractivity contribution is 0.515. The summed E-state index contributed by atoms with van der Waals surface area (Å²) in [4.78, 5) is 0. The molecule has 0 amide bonds. The van der Waals surface area contributed by atoms with Crippen LogP contribution >= 0.6 is 8.20 Å².